The predicted molar refractivity (Wildman–Crippen MR) is 80.4 cm³/mol. The normalized spacial score (nSPS) is 19.4. The molecule has 2 atom stereocenters. The van der Waals surface area contributed by atoms with Crippen molar-refractivity contribution in [2.75, 3.05) is 12.8 Å². The quantitative estimate of drug-likeness (QED) is 0.934. The van der Waals surface area contributed by atoms with Gasteiger partial charge in [0.1, 0.15) is 0 Å². The first kappa shape index (κ1) is 13.1. The van der Waals surface area contributed by atoms with Crippen LogP contribution in [0.3, 0.4) is 0 Å². The number of halogens is 1. The van der Waals surface area contributed by atoms with Gasteiger partial charge in [-0.2, -0.15) is 0 Å². The summed E-state index contributed by atoms with van der Waals surface area (Å²) in [6.07, 6.45) is 0. The minimum atomic E-state index is 0.213. The Morgan fingerprint density at radius 2 is 2.26 bits per heavy atom. The maximum Gasteiger partial charge on any atom is 0.153 e. The lowest BCUT2D eigenvalue weighted by molar-refractivity contribution is 0.475. The summed E-state index contributed by atoms with van der Waals surface area (Å²) in [7, 11) is 3.93. The molecule has 1 aromatic carbocycles. The third kappa shape index (κ3) is 2.22. The molecule has 0 spiro atoms. The first-order valence-electron chi connectivity index (χ1n) is 6.16. The molecule has 0 radical (unpaired) electrons. The molecule has 1 N–H and O–H groups in total. The molecule has 2 heterocycles. The lowest BCUT2D eigenvalue weighted by Gasteiger charge is -2.23. The van der Waals surface area contributed by atoms with E-state index in [9.17, 15) is 0 Å². The number of benzene rings is 1. The third-order valence-electron chi connectivity index (χ3n) is 3.57. The van der Waals surface area contributed by atoms with Crippen molar-refractivity contribution in [1.82, 2.24) is 20.3 Å². The van der Waals surface area contributed by atoms with Crippen LogP contribution in [0.15, 0.2) is 33.8 Å². The van der Waals surface area contributed by atoms with Crippen LogP contribution in [0, 0.1) is 0 Å². The van der Waals surface area contributed by atoms with Crippen LogP contribution < -0.4 is 5.32 Å². The molecule has 1 aliphatic rings. The molecule has 0 saturated carbocycles. The average molecular weight is 339 g/mol. The van der Waals surface area contributed by atoms with E-state index in [1.807, 2.05) is 30.5 Å². The van der Waals surface area contributed by atoms with Gasteiger partial charge in [-0.15, -0.1) is 16.9 Å². The second-order valence-electron chi connectivity index (χ2n) is 4.61. The molecule has 3 rings (SSSR count). The van der Waals surface area contributed by atoms with Crippen LogP contribution in [0.5, 0.6) is 0 Å². The number of likely N-dealkylation sites (N-methyl/N-ethyl adjacent to an activating group) is 1. The minimum Gasteiger partial charge on any atom is -0.311 e. The smallest absolute Gasteiger partial charge is 0.153 e. The van der Waals surface area contributed by atoms with E-state index < -0.39 is 0 Å². The molecule has 2 unspecified atom stereocenters. The van der Waals surface area contributed by atoms with Gasteiger partial charge in [0.2, 0.25) is 0 Å². The van der Waals surface area contributed by atoms with Gasteiger partial charge in [0.25, 0.3) is 0 Å². The van der Waals surface area contributed by atoms with E-state index in [0.717, 1.165) is 16.0 Å². The van der Waals surface area contributed by atoms with Crippen molar-refractivity contribution >= 4 is 27.7 Å². The molecular weight excluding hydrogens is 324 g/mol. The molecule has 0 saturated heterocycles. The van der Waals surface area contributed by atoms with Gasteiger partial charge in [-0.3, -0.25) is 0 Å². The summed E-state index contributed by atoms with van der Waals surface area (Å²) in [6, 6.07) is 8.85. The molecule has 1 aromatic heterocycles. The Bertz CT molecular complexity index is 579. The van der Waals surface area contributed by atoms with Gasteiger partial charge in [0.15, 0.2) is 4.60 Å². The van der Waals surface area contributed by atoms with Gasteiger partial charge in [0, 0.05) is 23.6 Å². The van der Waals surface area contributed by atoms with Crippen LogP contribution in [0.25, 0.3) is 0 Å². The molecule has 1 aliphatic heterocycles. The minimum absolute atomic E-state index is 0.213. The molecule has 6 heteroatoms. The maximum atomic E-state index is 4.10. The van der Waals surface area contributed by atoms with Gasteiger partial charge in [0.05, 0.1) is 11.7 Å². The summed E-state index contributed by atoms with van der Waals surface area (Å²) >= 11 is 5.43. The van der Waals surface area contributed by atoms with Gasteiger partial charge in [-0.1, -0.05) is 23.4 Å². The van der Waals surface area contributed by atoms with E-state index in [2.05, 4.69) is 55.8 Å². The number of hydrogen-bond acceptors (Lipinski definition) is 4. The summed E-state index contributed by atoms with van der Waals surface area (Å²) < 4.78 is 2.67. The van der Waals surface area contributed by atoms with Crippen LogP contribution >= 0.6 is 27.7 Å². The fraction of sp³-hybridized carbons (Fsp3) is 0.385. The zero-order valence-electron chi connectivity index (χ0n) is 10.8. The Hall–Kier alpha value is -0.850. The highest BCUT2D eigenvalue weighted by Gasteiger charge is 2.33. The van der Waals surface area contributed by atoms with Crippen molar-refractivity contribution in [1.29, 1.82) is 0 Å². The second-order valence-corrected chi connectivity index (χ2v) is 6.42. The highest BCUT2D eigenvalue weighted by molar-refractivity contribution is 9.10. The van der Waals surface area contributed by atoms with Crippen molar-refractivity contribution in [3.63, 3.8) is 0 Å². The van der Waals surface area contributed by atoms with E-state index in [0.29, 0.717) is 5.92 Å². The van der Waals surface area contributed by atoms with Crippen LogP contribution in [-0.2, 0) is 7.05 Å². The Labute approximate surface area is 125 Å². The molecule has 0 aliphatic carbocycles. The summed E-state index contributed by atoms with van der Waals surface area (Å²) in [6.45, 7) is 0. The molecule has 2 aromatic rings. The number of thioether (sulfide) groups is 1. The monoisotopic (exact) mass is 338 g/mol. The Morgan fingerprint density at radius 1 is 1.47 bits per heavy atom. The predicted octanol–water partition coefficient (Wildman–Crippen LogP) is 2.73. The molecule has 0 bridgehead atoms. The second kappa shape index (κ2) is 5.26. The van der Waals surface area contributed by atoms with Gasteiger partial charge in [-0.25, -0.2) is 4.68 Å². The first-order valence-corrected chi connectivity index (χ1v) is 7.94. The summed E-state index contributed by atoms with van der Waals surface area (Å²) in [5.41, 5.74) is 2.52. The van der Waals surface area contributed by atoms with E-state index in [-0.39, 0.29) is 6.04 Å². The summed E-state index contributed by atoms with van der Waals surface area (Å²) in [5, 5.41) is 11.6. The van der Waals surface area contributed by atoms with E-state index >= 15 is 0 Å². The van der Waals surface area contributed by atoms with E-state index in [1.54, 1.807) is 0 Å². The average Bonchev–Trinajstić information content (AvgIpc) is 2.98. The largest absolute Gasteiger partial charge is 0.311 e. The number of nitrogens with one attached hydrogen (secondary N) is 1. The number of fused-ring (bicyclic) bond motifs is 1. The standard InChI is InChI=1S/C13H15BrN4S/c1-15-11(12-13(14)16-17-18(12)2)9-7-19-10-6-4-3-5-8(9)10/h3-6,9,11,15H,7H2,1-2H3. The zero-order valence-corrected chi connectivity index (χ0v) is 13.2. The first-order chi connectivity index (χ1) is 9.22. The number of aryl methyl sites for hydroxylation is 1. The Kier molecular flexibility index (Phi) is 3.64. The van der Waals surface area contributed by atoms with Gasteiger partial charge in [-0.05, 0) is 34.6 Å². The molecule has 0 amide bonds. The Morgan fingerprint density at radius 3 is 2.95 bits per heavy atom. The highest BCUT2D eigenvalue weighted by atomic mass is 79.9. The number of aromatic nitrogens is 3. The van der Waals surface area contributed by atoms with Gasteiger partial charge >= 0.3 is 0 Å². The highest BCUT2D eigenvalue weighted by Crippen LogP contribution is 2.45. The fourth-order valence-corrected chi connectivity index (χ4v) is 4.53. The van der Waals surface area contributed by atoms with Crippen molar-refractivity contribution in [3.8, 4) is 0 Å². The topological polar surface area (TPSA) is 42.7 Å². The van der Waals surface area contributed by atoms with Crippen molar-refractivity contribution in [2.45, 2.75) is 16.9 Å². The van der Waals surface area contributed by atoms with Crippen LogP contribution in [0.4, 0.5) is 0 Å². The fourth-order valence-electron chi connectivity index (χ4n) is 2.66. The summed E-state index contributed by atoms with van der Waals surface area (Å²) in [4.78, 5) is 1.39. The van der Waals surface area contributed by atoms with Crippen molar-refractivity contribution < 1.29 is 0 Å². The number of hydrogen-bond donors (Lipinski definition) is 1. The maximum absolute atomic E-state index is 4.10. The molecule has 4 nitrogen and oxygen atoms in total. The number of nitrogens with zero attached hydrogens (tertiary/aromatic N) is 3. The van der Waals surface area contributed by atoms with Crippen molar-refractivity contribution in [2.24, 2.45) is 7.05 Å². The summed E-state index contributed by atoms with van der Waals surface area (Å²) in [5.74, 6) is 1.53. The van der Waals surface area contributed by atoms with Crippen LogP contribution in [0.2, 0.25) is 0 Å². The third-order valence-corrected chi connectivity index (χ3v) is 5.34. The Balaban J connectivity index is 2.01. The van der Waals surface area contributed by atoms with Crippen LogP contribution in [-0.4, -0.2) is 27.8 Å². The number of rotatable bonds is 3. The van der Waals surface area contributed by atoms with Gasteiger partial charge < -0.3 is 5.32 Å². The molecule has 100 valence electrons. The molecular formula is C13H15BrN4S. The van der Waals surface area contributed by atoms with E-state index in [1.165, 1.54) is 10.5 Å². The molecule has 0 fully saturated rings. The van der Waals surface area contributed by atoms with Crippen molar-refractivity contribution in [3.05, 3.63) is 40.1 Å². The zero-order chi connectivity index (χ0) is 13.4. The SMILES string of the molecule is CNC(c1c(Br)nnn1C)C1CSc2ccccc21. The molecule has 19 heavy (non-hydrogen) atoms. The van der Waals surface area contributed by atoms with E-state index in [4.69, 9.17) is 0 Å². The lowest BCUT2D eigenvalue weighted by Crippen LogP contribution is -2.26. The lowest BCUT2D eigenvalue weighted by atomic mass is 9.91. The van der Waals surface area contributed by atoms with Crippen LogP contribution in [0.1, 0.15) is 23.2 Å².